The Morgan fingerprint density at radius 1 is 1.12 bits per heavy atom. The summed E-state index contributed by atoms with van der Waals surface area (Å²) in [4.78, 5) is 9.32. The number of aromatic nitrogens is 1. The highest BCUT2D eigenvalue weighted by Gasteiger charge is 2.41. The molecule has 2 aromatic heterocycles. The highest BCUT2D eigenvalue weighted by Crippen LogP contribution is 2.40. The second kappa shape index (κ2) is 10.4. The van der Waals surface area contributed by atoms with Crippen LogP contribution in [0.2, 0.25) is 5.02 Å². The molecule has 4 heterocycles. The monoisotopic (exact) mass is 496 g/mol. The van der Waals surface area contributed by atoms with Gasteiger partial charge in [0.25, 0.3) is 0 Å². The Kier molecular flexibility index (Phi) is 7.15. The molecule has 0 spiro atoms. The predicted molar refractivity (Wildman–Crippen MR) is 138 cm³/mol. The number of aryl methyl sites for hydroxylation is 1. The fourth-order valence-electron chi connectivity index (χ4n) is 4.66. The van der Waals surface area contributed by atoms with E-state index in [0.29, 0.717) is 0 Å². The Morgan fingerprint density at radius 3 is 2.74 bits per heavy atom. The molecule has 1 aromatic carbocycles. The number of furan rings is 1. The molecule has 5 rings (SSSR count). The smallest absolute Gasteiger partial charge is 0.170 e. The zero-order chi connectivity index (χ0) is 23.5. The third kappa shape index (κ3) is 4.98. The van der Waals surface area contributed by atoms with Crippen LogP contribution in [0, 0.1) is 6.92 Å². The van der Waals surface area contributed by atoms with E-state index in [4.69, 9.17) is 33.0 Å². The van der Waals surface area contributed by atoms with Crippen LogP contribution in [0.4, 0.5) is 0 Å². The van der Waals surface area contributed by atoms with Crippen molar-refractivity contribution in [1.29, 1.82) is 0 Å². The lowest BCUT2D eigenvalue weighted by Crippen LogP contribution is -2.38. The SMILES string of the molecule is Cc1ccc(-c2ccc([C@H]3[C@H](c4ccccn4)NC(=S)N3CCCN3CCOCC3)o2)cc1Cl. The van der Waals surface area contributed by atoms with E-state index in [0.717, 1.165) is 84.3 Å². The van der Waals surface area contributed by atoms with Crippen molar-refractivity contribution in [3.63, 3.8) is 0 Å². The van der Waals surface area contributed by atoms with E-state index in [9.17, 15) is 0 Å². The summed E-state index contributed by atoms with van der Waals surface area (Å²) >= 11 is 12.2. The molecule has 1 N–H and O–H groups in total. The van der Waals surface area contributed by atoms with E-state index < -0.39 is 0 Å². The minimum Gasteiger partial charge on any atom is -0.459 e. The van der Waals surface area contributed by atoms with Crippen LogP contribution in [0.1, 0.15) is 35.5 Å². The van der Waals surface area contributed by atoms with Gasteiger partial charge in [0, 0.05) is 43.0 Å². The maximum Gasteiger partial charge on any atom is 0.170 e. The van der Waals surface area contributed by atoms with Crippen molar-refractivity contribution in [2.45, 2.75) is 25.4 Å². The first-order valence-corrected chi connectivity index (χ1v) is 12.5. The first-order chi connectivity index (χ1) is 16.6. The van der Waals surface area contributed by atoms with Gasteiger partial charge in [0.05, 0.1) is 24.9 Å². The number of nitrogens with one attached hydrogen (secondary N) is 1. The van der Waals surface area contributed by atoms with Crippen molar-refractivity contribution in [2.24, 2.45) is 0 Å². The Balaban J connectivity index is 1.40. The van der Waals surface area contributed by atoms with E-state index in [1.807, 2.05) is 61.7 Å². The minimum atomic E-state index is -0.0855. The van der Waals surface area contributed by atoms with Gasteiger partial charge in [0.1, 0.15) is 17.6 Å². The number of rotatable bonds is 7. The van der Waals surface area contributed by atoms with Gasteiger partial charge in [-0.3, -0.25) is 9.88 Å². The molecule has 8 heteroatoms. The summed E-state index contributed by atoms with van der Waals surface area (Å²) in [5.74, 6) is 1.66. The molecule has 34 heavy (non-hydrogen) atoms. The van der Waals surface area contributed by atoms with E-state index in [2.05, 4.69) is 20.1 Å². The molecule has 6 nitrogen and oxygen atoms in total. The second-order valence-electron chi connectivity index (χ2n) is 8.79. The fourth-order valence-corrected chi connectivity index (χ4v) is 5.17. The largest absolute Gasteiger partial charge is 0.459 e. The standard InChI is InChI=1S/C26H29ClN4O2S/c1-18-6-7-19(17-20(18)27)22-8-9-23(33-22)25-24(21-5-2-3-10-28-21)29-26(34)31(25)12-4-11-30-13-15-32-16-14-30/h2-3,5-10,17,24-25H,4,11-16H2,1H3,(H,29,34)/t24-,25-/m0/s1. The van der Waals surface area contributed by atoms with Crippen molar-refractivity contribution in [1.82, 2.24) is 20.1 Å². The van der Waals surface area contributed by atoms with E-state index >= 15 is 0 Å². The lowest BCUT2D eigenvalue weighted by Gasteiger charge is -2.29. The Hall–Kier alpha value is -2.45. The molecule has 0 saturated carbocycles. The molecule has 3 aromatic rings. The zero-order valence-electron chi connectivity index (χ0n) is 19.2. The van der Waals surface area contributed by atoms with Crippen molar-refractivity contribution in [2.75, 3.05) is 39.4 Å². The van der Waals surface area contributed by atoms with Gasteiger partial charge in [0.15, 0.2) is 5.11 Å². The van der Waals surface area contributed by atoms with Crippen LogP contribution in [0.3, 0.4) is 0 Å². The Morgan fingerprint density at radius 2 is 1.97 bits per heavy atom. The number of benzene rings is 1. The summed E-state index contributed by atoms with van der Waals surface area (Å²) in [7, 11) is 0. The third-order valence-corrected chi connectivity index (χ3v) is 7.31. The number of ether oxygens (including phenoxy) is 1. The predicted octanol–water partition coefficient (Wildman–Crippen LogP) is 5.00. The number of nitrogens with zero attached hydrogens (tertiary/aromatic N) is 3. The van der Waals surface area contributed by atoms with Crippen LogP contribution >= 0.6 is 23.8 Å². The molecule has 2 aliphatic heterocycles. The lowest BCUT2D eigenvalue weighted by atomic mass is 10.0. The molecule has 0 unspecified atom stereocenters. The van der Waals surface area contributed by atoms with Gasteiger partial charge in [-0.25, -0.2) is 0 Å². The van der Waals surface area contributed by atoms with Gasteiger partial charge < -0.3 is 19.4 Å². The number of pyridine rings is 1. The molecule has 2 atom stereocenters. The maximum atomic E-state index is 6.42. The Bertz CT molecular complexity index is 1130. The van der Waals surface area contributed by atoms with Crippen LogP contribution in [0.15, 0.2) is 59.1 Å². The van der Waals surface area contributed by atoms with Crippen LogP contribution in [0.5, 0.6) is 0 Å². The number of morpholine rings is 1. The number of hydrogen-bond donors (Lipinski definition) is 1. The number of hydrogen-bond acceptors (Lipinski definition) is 5. The maximum absolute atomic E-state index is 6.42. The molecule has 0 bridgehead atoms. The molecule has 0 radical (unpaired) electrons. The third-order valence-electron chi connectivity index (χ3n) is 6.55. The summed E-state index contributed by atoms with van der Waals surface area (Å²) in [6.45, 7) is 7.46. The van der Waals surface area contributed by atoms with Gasteiger partial charge >= 0.3 is 0 Å². The second-order valence-corrected chi connectivity index (χ2v) is 9.59. The minimum absolute atomic E-state index is 0.0817. The van der Waals surface area contributed by atoms with E-state index in [1.165, 1.54) is 0 Å². The Labute approximate surface area is 210 Å². The molecule has 2 saturated heterocycles. The molecule has 178 valence electrons. The number of halogens is 1. The highest BCUT2D eigenvalue weighted by atomic mass is 35.5. The topological polar surface area (TPSA) is 53.8 Å². The first-order valence-electron chi connectivity index (χ1n) is 11.7. The zero-order valence-corrected chi connectivity index (χ0v) is 20.8. The highest BCUT2D eigenvalue weighted by molar-refractivity contribution is 7.80. The first kappa shape index (κ1) is 23.3. The summed E-state index contributed by atoms with van der Waals surface area (Å²) < 4.78 is 11.9. The summed E-state index contributed by atoms with van der Waals surface area (Å²) in [6, 6.07) is 15.9. The molecule has 0 aliphatic carbocycles. The summed E-state index contributed by atoms with van der Waals surface area (Å²) in [5, 5.41) is 4.97. The average molecular weight is 497 g/mol. The van der Waals surface area contributed by atoms with Crippen LogP contribution < -0.4 is 5.32 Å². The van der Waals surface area contributed by atoms with Crippen LogP contribution in [-0.2, 0) is 4.74 Å². The molecule has 0 amide bonds. The van der Waals surface area contributed by atoms with Crippen molar-refractivity contribution in [3.8, 4) is 11.3 Å². The summed E-state index contributed by atoms with van der Waals surface area (Å²) in [5.41, 5.74) is 2.95. The van der Waals surface area contributed by atoms with Crippen LogP contribution in [0.25, 0.3) is 11.3 Å². The molecule has 2 fully saturated rings. The van der Waals surface area contributed by atoms with Crippen molar-refractivity contribution >= 4 is 28.9 Å². The van der Waals surface area contributed by atoms with Gasteiger partial charge in [-0.05, 0) is 61.5 Å². The van der Waals surface area contributed by atoms with Crippen molar-refractivity contribution in [3.05, 3.63) is 76.8 Å². The summed E-state index contributed by atoms with van der Waals surface area (Å²) in [6.07, 6.45) is 2.83. The van der Waals surface area contributed by atoms with Gasteiger partial charge in [-0.1, -0.05) is 29.8 Å². The fraction of sp³-hybridized carbons (Fsp3) is 0.385. The van der Waals surface area contributed by atoms with E-state index in [-0.39, 0.29) is 12.1 Å². The van der Waals surface area contributed by atoms with Gasteiger partial charge in [-0.2, -0.15) is 0 Å². The van der Waals surface area contributed by atoms with E-state index in [1.54, 1.807) is 0 Å². The lowest BCUT2D eigenvalue weighted by molar-refractivity contribution is 0.0365. The van der Waals surface area contributed by atoms with Gasteiger partial charge in [0.2, 0.25) is 0 Å². The van der Waals surface area contributed by atoms with Crippen molar-refractivity contribution < 1.29 is 9.15 Å². The normalized spacial score (nSPS) is 21.1. The van der Waals surface area contributed by atoms with Gasteiger partial charge in [-0.15, -0.1) is 0 Å². The number of thiocarbonyl (C=S) groups is 1. The average Bonchev–Trinajstić information content (AvgIpc) is 3.47. The quantitative estimate of drug-likeness (QED) is 0.462. The molecular weight excluding hydrogens is 468 g/mol. The molecular formula is C26H29ClN4O2S. The molecule has 2 aliphatic rings. The van der Waals surface area contributed by atoms with Crippen LogP contribution in [-0.4, -0.2) is 59.3 Å².